The number of carbonyl (C=O) groups excluding carboxylic acids is 1. The van der Waals surface area contributed by atoms with Crippen LogP contribution in [0, 0.1) is 5.82 Å². The van der Waals surface area contributed by atoms with E-state index >= 15 is 0 Å². The molecule has 3 nitrogen and oxygen atoms in total. The number of benzene rings is 2. The van der Waals surface area contributed by atoms with Crippen molar-refractivity contribution in [2.75, 3.05) is 14.2 Å². The van der Waals surface area contributed by atoms with Crippen molar-refractivity contribution in [3.8, 4) is 16.9 Å². The number of hydrogen-bond donors (Lipinski definition) is 0. The van der Waals surface area contributed by atoms with Crippen molar-refractivity contribution in [3.63, 3.8) is 0 Å². The molecule has 0 unspecified atom stereocenters. The number of hydrogen-bond acceptors (Lipinski definition) is 4. The third-order valence-electron chi connectivity index (χ3n) is 3.46. The quantitative estimate of drug-likeness (QED) is 0.667. The van der Waals surface area contributed by atoms with E-state index in [-0.39, 0.29) is 5.75 Å². The van der Waals surface area contributed by atoms with Gasteiger partial charge in [-0.25, -0.2) is 9.18 Å². The molecule has 0 saturated carbocycles. The van der Waals surface area contributed by atoms with Crippen molar-refractivity contribution in [2.24, 2.45) is 0 Å². The Morgan fingerprint density at radius 1 is 1.14 bits per heavy atom. The Morgan fingerprint density at radius 3 is 2.68 bits per heavy atom. The predicted molar refractivity (Wildman–Crippen MR) is 85.1 cm³/mol. The summed E-state index contributed by atoms with van der Waals surface area (Å²) in [6.07, 6.45) is 0. The monoisotopic (exact) mass is 316 g/mol. The maximum absolute atomic E-state index is 13.9. The van der Waals surface area contributed by atoms with Gasteiger partial charge in [0.05, 0.1) is 19.8 Å². The maximum Gasteiger partial charge on any atom is 0.337 e. The van der Waals surface area contributed by atoms with Gasteiger partial charge in [0.1, 0.15) is 0 Å². The minimum atomic E-state index is -0.413. The highest BCUT2D eigenvalue weighted by Gasteiger charge is 2.16. The summed E-state index contributed by atoms with van der Waals surface area (Å²) in [5.41, 5.74) is 1.96. The Labute approximate surface area is 130 Å². The van der Waals surface area contributed by atoms with Gasteiger partial charge in [-0.1, -0.05) is 12.1 Å². The number of fused-ring (bicyclic) bond motifs is 1. The van der Waals surface area contributed by atoms with Crippen LogP contribution in [0.2, 0.25) is 0 Å². The molecule has 3 aromatic rings. The highest BCUT2D eigenvalue weighted by atomic mass is 32.1. The lowest BCUT2D eigenvalue weighted by molar-refractivity contribution is 0.0601. The Balaban J connectivity index is 2.24. The summed E-state index contributed by atoms with van der Waals surface area (Å²) in [6.45, 7) is 0. The standard InChI is InChI=1S/C17H13FO3S/c1-20-16-11(4-3-5-14(16)18)13-9-22-15-7-6-10(8-12(13)15)17(19)21-2/h3-9H,1-2H3. The summed E-state index contributed by atoms with van der Waals surface area (Å²) in [6, 6.07) is 10.1. The Hall–Kier alpha value is -2.40. The van der Waals surface area contributed by atoms with Crippen LogP contribution in [0.5, 0.6) is 5.75 Å². The van der Waals surface area contributed by atoms with Gasteiger partial charge >= 0.3 is 5.97 Å². The van der Waals surface area contributed by atoms with Crippen LogP contribution in [0.3, 0.4) is 0 Å². The fraction of sp³-hybridized carbons (Fsp3) is 0.118. The fourth-order valence-electron chi connectivity index (χ4n) is 2.41. The first-order valence-electron chi connectivity index (χ1n) is 6.58. The van der Waals surface area contributed by atoms with Gasteiger partial charge in [-0.05, 0) is 29.6 Å². The molecule has 0 aliphatic heterocycles. The largest absolute Gasteiger partial charge is 0.493 e. The van der Waals surface area contributed by atoms with Crippen molar-refractivity contribution in [1.29, 1.82) is 0 Å². The second-order valence-electron chi connectivity index (χ2n) is 4.67. The number of ether oxygens (including phenoxy) is 2. The summed E-state index contributed by atoms with van der Waals surface area (Å²) in [5, 5.41) is 2.81. The number of rotatable bonds is 3. The first kappa shape index (κ1) is 14.5. The molecule has 1 heterocycles. The second-order valence-corrected chi connectivity index (χ2v) is 5.58. The fourth-order valence-corrected chi connectivity index (χ4v) is 3.35. The first-order chi connectivity index (χ1) is 10.7. The number of thiophene rings is 1. The number of halogens is 1. The molecule has 0 amide bonds. The zero-order valence-corrected chi connectivity index (χ0v) is 12.9. The summed E-state index contributed by atoms with van der Waals surface area (Å²) in [7, 11) is 2.78. The molecule has 0 atom stereocenters. The third-order valence-corrected chi connectivity index (χ3v) is 4.42. The number of methoxy groups -OCH3 is 2. The van der Waals surface area contributed by atoms with Gasteiger partial charge in [-0.15, -0.1) is 11.3 Å². The van der Waals surface area contributed by atoms with Gasteiger partial charge in [0.15, 0.2) is 11.6 Å². The van der Waals surface area contributed by atoms with Gasteiger partial charge in [0.25, 0.3) is 0 Å². The van der Waals surface area contributed by atoms with E-state index in [1.54, 1.807) is 24.3 Å². The number of esters is 1. The molecule has 0 aliphatic rings. The van der Waals surface area contributed by atoms with E-state index in [9.17, 15) is 9.18 Å². The lowest BCUT2D eigenvalue weighted by Gasteiger charge is -2.09. The van der Waals surface area contributed by atoms with Crippen molar-refractivity contribution in [3.05, 3.63) is 53.2 Å². The Bertz CT molecular complexity index is 854. The highest BCUT2D eigenvalue weighted by molar-refractivity contribution is 7.17. The first-order valence-corrected chi connectivity index (χ1v) is 7.46. The van der Waals surface area contributed by atoms with Crippen LogP contribution < -0.4 is 4.74 Å². The molecule has 5 heteroatoms. The lowest BCUT2D eigenvalue weighted by Crippen LogP contribution is -2.00. The van der Waals surface area contributed by atoms with Gasteiger partial charge < -0.3 is 9.47 Å². The molecular formula is C17H13FO3S. The summed E-state index contributed by atoms with van der Waals surface area (Å²) in [4.78, 5) is 11.7. The van der Waals surface area contributed by atoms with E-state index in [4.69, 9.17) is 9.47 Å². The molecule has 1 aromatic heterocycles. The average Bonchev–Trinajstić information content (AvgIpc) is 2.96. The summed E-state index contributed by atoms with van der Waals surface area (Å²) < 4.78 is 24.9. The van der Waals surface area contributed by atoms with Crippen LogP contribution in [-0.2, 0) is 4.74 Å². The van der Waals surface area contributed by atoms with Crippen LogP contribution in [-0.4, -0.2) is 20.2 Å². The molecule has 0 N–H and O–H groups in total. The lowest BCUT2D eigenvalue weighted by atomic mass is 10.0. The van der Waals surface area contributed by atoms with Crippen molar-refractivity contribution in [2.45, 2.75) is 0 Å². The van der Waals surface area contributed by atoms with Crippen LogP contribution in [0.15, 0.2) is 41.8 Å². The van der Waals surface area contributed by atoms with Gasteiger partial charge in [-0.3, -0.25) is 0 Å². The minimum Gasteiger partial charge on any atom is -0.493 e. The van der Waals surface area contributed by atoms with E-state index in [0.29, 0.717) is 11.1 Å². The summed E-state index contributed by atoms with van der Waals surface area (Å²) in [5.74, 6) is -0.612. The molecule has 0 fully saturated rings. The smallest absolute Gasteiger partial charge is 0.337 e. The zero-order chi connectivity index (χ0) is 15.7. The maximum atomic E-state index is 13.9. The van der Waals surface area contributed by atoms with Crippen molar-refractivity contribution in [1.82, 2.24) is 0 Å². The summed E-state index contributed by atoms with van der Waals surface area (Å²) >= 11 is 1.53. The van der Waals surface area contributed by atoms with Crippen molar-refractivity contribution >= 4 is 27.4 Å². The Kier molecular flexibility index (Phi) is 3.81. The van der Waals surface area contributed by atoms with Crippen LogP contribution in [0.4, 0.5) is 4.39 Å². The van der Waals surface area contributed by atoms with E-state index in [1.807, 2.05) is 11.4 Å². The number of para-hydroxylation sites is 1. The molecule has 22 heavy (non-hydrogen) atoms. The van der Waals surface area contributed by atoms with Gasteiger partial charge in [-0.2, -0.15) is 0 Å². The van der Waals surface area contributed by atoms with Crippen LogP contribution in [0.1, 0.15) is 10.4 Å². The number of carbonyl (C=O) groups is 1. The molecule has 0 bridgehead atoms. The molecule has 112 valence electrons. The van der Waals surface area contributed by atoms with E-state index in [1.165, 1.54) is 31.6 Å². The predicted octanol–water partition coefficient (Wildman–Crippen LogP) is 4.50. The SMILES string of the molecule is COC(=O)c1ccc2scc(-c3cccc(F)c3OC)c2c1. The molecule has 2 aromatic carbocycles. The average molecular weight is 316 g/mol. The van der Waals surface area contributed by atoms with Gasteiger partial charge in [0, 0.05) is 21.2 Å². The normalized spacial score (nSPS) is 10.7. The van der Waals surface area contributed by atoms with E-state index in [2.05, 4.69) is 0 Å². The molecular weight excluding hydrogens is 303 g/mol. The van der Waals surface area contributed by atoms with E-state index < -0.39 is 11.8 Å². The molecule has 0 aliphatic carbocycles. The highest BCUT2D eigenvalue weighted by Crippen LogP contribution is 2.40. The Morgan fingerprint density at radius 2 is 1.95 bits per heavy atom. The molecule has 0 saturated heterocycles. The van der Waals surface area contributed by atoms with Crippen molar-refractivity contribution < 1.29 is 18.7 Å². The second kappa shape index (κ2) is 5.77. The van der Waals surface area contributed by atoms with Crippen LogP contribution in [0.25, 0.3) is 21.2 Å². The van der Waals surface area contributed by atoms with Crippen LogP contribution >= 0.6 is 11.3 Å². The molecule has 0 spiro atoms. The minimum absolute atomic E-state index is 0.200. The third kappa shape index (κ3) is 2.33. The topological polar surface area (TPSA) is 35.5 Å². The molecule has 3 rings (SSSR count). The zero-order valence-electron chi connectivity index (χ0n) is 12.1. The molecule has 0 radical (unpaired) electrons. The van der Waals surface area contributed by atoms with Gasteiger partial charge in [0.2, 0.25) is 0 Å². The van der Waals surface area contributed by atoms with E-state index in [0.717, 1.165) is 15.6 Å².